The summed E-state index contributed by atoms with van der Waals surface area (Å²) in [5.74, 6) is 1.74. The summed E-state index contributed by atoms with van der Waals surface area (Å²) in [5, 5.41) is 0. The third-order valence-electron chi connectivity index (χ3n) is 5.65. The quantitative estimate of drug-likeness (QED) is 0.373. The number of benzene rings is 2. The summed E-state index contributed by atoms with van der Waals surface area (Å²) in [6.07, 6.45) is 0. The number of hydrogen-bond donors (Lipinski definition) is 0. The molecule has 0 aromatic heterocycles. The van der Waals surface area contributed by atoms with Crippen LogP contribution >= 0.6 is 22.6 Å². The van der Waals surface area contributed by atoms with Gasteiger partial charge in [0.15, 0.2) is 0 Å². The Kier molecular flexibility index (Phi) is 7.90. The second kappa shape index (κ2) is 9.30. The molecule has 0 N–H and O–H groups in total. The van der Waals surface area contributed by atoms with E-state index < -0.39 is 7.08 Å². The topological polar surface area (TPSA) is 18.5 Å². The lowest BCUT2D eigenvalue weighted by Crippen LogP contribution is -2.18. The lowest BCUT2D eigenvalue weighted by atomic mass is 9.80. The van der Waals surface area contributed by atoms with Crippen LogP contribution in [0.1, 0.15) is 105 Å². The van der Waals surface area contributed by atoms with Crippen molar-refractivity contribution >= 4 is 22.6 Å². The van der Waals surface area contributed by atoms with Gasteiger partial charge in [0.05, 0.1) is 0 Å². The molecule has 0 saturated carbocycles. The highest BCUT2D eigenvalue weighted by atomic mass is 79.9. The first-order chi connectivity index (χ1) is 14.3. The van der Waals surface area contributed by atoms with Gasteiger partial charge in [0.25, 0.3) is 0 Å². The van der Waals surface area contributed by atoms with Gasteiger partial charge in [0, 0.05) is 26.6 Å². The first-order valence-corrected chi connectivity index (χ1v) is 14.6. The lowest BCUT2D eigenvalue weighted by Gasteiger charge is -2.29. The standard InChI is InChI=1S/C28H42BrO2P/c1-25(2,3)19-13-15-23(21(17-19)27(7,8)9)30-32(29)31-24-16-14-20(26(4,5)6)18-22(24)28(10,11)12/h13-18H,1-12H3. The Labute approximate surface area is 206 Å². The summed E-state index contributed by atoms with van der Waals surface area (Å²) < 4.78 is 12.7. The van der Waals surface area contributed by atoms with Crippen LogP contribution in [0.25, 0.3) is 0 Å². The zero-order valence-corrected chi connectivity index (χ0v) is 24.6. The fourth-order valence-electron chi connectivity index (χ4n) is 3.50. The Hall–Kier alpha value is -1.05. The molecule has 0 heterocycles. The molecule has 0 amide bonds. The van der Waals surface area contributed by atoms with Crippen molar-refractivity contribution in [1.29, 1.82) is 0 Å². The van der Waals surface area contributed by atoms with Crippen LogP contribution in [0.5, 0.6) is 11.5 Å². The van der Waals surface area contributed by atoms with Crippen LogP contribution in [-0.4, -0.2) is 0 Å². The van der Waals surface area contributed by atoms with Crippen molar-refractivity contribution in [3.05, 3.63) is 58.7 Å². The van der Waals surface area contributed by atoms with Gasteiger partial charge >= 0.3 is 7.08 Å². The Morgan fingerprint density at radius 2 is 0.844 bits per heavy atom. The maximum Gasteiger partial charge on any atom is 0.368 e. The molecule has 32 heavy (non-hydrogen) atoms. The van der Waals surface area contributed by atoms with Crippen LogP contribution in [0.2, 0.25) is 0 Å². The molecule has 0 fully saturated rings. The summed E-state index contributed by atoms with van der Waals surface area (Å²) in [6, 6.07) is 13.1. The Morgan fingerprint density at radius 1 is 0.531 bits per heavy atom. The summed E-state index contributed by atoms with van der Waals surface area (Å²) in [7, 11) is -1.32. The molecule has 0 aliphatic rings. The van der Waals surface area contributed by atoms with E-state index in [1.165, 1.54) is 22.3 Å². The van der Waals surface area contributed by atoms with Gasteiger partial charge in [0.1, 0.15) is 11.5 Å². The van der Waals surface area contributed by atoms with Crippen molar-refractivity contribution in [1.82, 2.24) is 0 Å². The molecule has 2 aromatic rings. The molecule has 2 aromatic carbocycles. The predicted molar refractivity (Wildman–Crippen MR) is 145 cm³/mol. The number of halogens is 1. The molecule has 0 atom stereocenters. The van der Waals surface area contributed by atoms with Gasteiger partial charge in [-0.3, -0.25) is 0 Å². The molecule has 0 aliphatic heterocycles. The van der Waals surface area contributed by atoms with Gasteiger partial charge in [-0.05, 0) is 44.9 Å². The van der Waals surface area contributed by atoms with Crippen molar-refractivity contribution in [2.75, 3.05) is 0 Å². The molecule has 2 nitrogen and oxygen atoms in total. The van der Waals surface area contributed by atoms with E-state index in [0.717, 1.165) is 11.5 Å². The molecule has 4 heteroatoms. The first kappa shape index (κ1) is 27.2. The summed E-state index contributed by atoms with van der Waals surface area (Å²) >= 11 is 3.69. The molecule has 0 saturated heterocycles. The van der Waals surface area contributed by atoms with E-state index in [0.29, 0.717) is 0 Å². The molecular weight excluding hydrogens is 479 g/mol. The fourth-order valence-corrected chi connectivity index (χ4v) is 5.10. The molecule has 2 rings (SSSR count). The van der Waals surface area contributed by atoms with Gasteiger partial charge in [-0.1, -0.05) is 107 Å². The highest BCUT2D eigenvalue weighted by Crippen LogP contribution is 2.51. The van der Waals surface area contributed by atoms with E-state index in [9.17, 15) is 0 Å². The molecular formula is C28H42BrO2P. The van der Waals surface area contributed by atoms with Crippen molar-refractivity contribution in [2.24, 2.45) is 0 Å². The van der Waals surface area contributed by atoms with Crippen LogP contribution in [-0.2, 0) is 21.7 Å². The predicted octanol–water partition coefficient (Wildman–Crippen LogP) is 9.96. The number of rotatable bonds is 4. The van der Waals surface area contributed by atoms with E-state index in [1.54, 1.807) is 0 Å². The normalized spacial score (nSPS) is 13.4. The van der Waals surface area contributed by atoms with Crippen molar-refractivity contribution in [2.45, 2.75) is 105 Å². The van der Waals surface area contributed by atoms with Crippen LogP contribution < -0.4 is 9.05 Å². The van der Waals surface area contributed by atoms with Crippen molar-refractivity contribution in [3.63, 3.8) is 0 Å². The van der Waals surface area contributed by atoms with Gasteiger partial charge in [-0.2, -0.15) is 0 Å². The van der Waals surface area contributed by atoms with Gasteiger partial charge in [0.2, 0.25) is 0 Å². The number of hydrogen-bond acceptors (Lipinski definition) is 2. The van der Waals surface area contributed by atoms with E-state index in [1.807, 2.05) is 0 Å². The van der Waals surface area contributed by atoms with Crippen molar-refractivity contribution in [3.8, 4) is 11.5 Å². The Balaban J connectivity index is 2.38. The van der Waals surface area contributed by atoms with Crippen LogP contribution in [0.3, 0.4) is 0 Å². The Morgan fingerprint density at radius 3 is 1.09 bits per heavy atom. The largest absolute Gasteiger partial charge is 0.430 e. The zero-order valence-electron chi connectivity index (χ0n) is 22.1. The van der Waals surface area contributed by atoms with Crippen molar-refractivity contribution < 1.29 is 9.05 Å². The highest BCUT2D eigenvalue weighted by Gasteiger charge is 2.27. The SMILES string of the molecule is CC(C)(C)c1ccc(OP(Br)Oc2ccc(C(C)(C)C)cc2C(C)(C)C)c(C(C)(C)C)c1. The second-order valence-corrected chi connectivity index (χ2v) is 15.3. The van der Waals surface area contributed by atoms with Gasteiger partial charge in [-0.25, -0.2) is 0 Å². The Bertz CT molecular complexity index is 860. The monoisotopic (exact) mass is 520 g/mol. The summed E-state index contributed by atoms with van der Waals surface area (Å²) in [5.41, 5.74) is 5.11. The minimum atomic E-state index is -1.32. The molecule has 0 radical (unpaired) electrons. The highest BCUT2D eigenvalue weighted by molar-refractivity contribution is 9.38. The van der Waals surface area contributed by atoms with Gasteiger partial charge in [-0.15, -0.1) is 0 Å². The minimum Gasteiger partial charge on any atom is -0.430 e. The minimum absolute atomic E-state index is 0.0370. The first-order valence-electron chi connectivity index (χ1n) is 11.4. The molecule has 0 unspecified atom stereocenters. The van der Waals surface area contributed by atoms with Crippen LogP contribution in [0.15, 0.2) is 36.4 Å². The summed E-state index contributed by atoms with van der Waals surface area (Å²) in [6.45, 7) is 26.8. The van der Waals surface area contributed by atoms with Gasteiger partial charge < -0.3 is 9.05 Å². The molecule has 0 bridgehead atoms. The third-order valence-corrected chi connectivity index (χ3v) is 7.20. The average Bonchev–Trinajstić information content (AvgIpc) is 2.58. The molecule has 0 aliphatic carbocycles. The van der Waals surface area contributed by atoms with E-state index >= 15 is 0 Å². The van der Waals surface area contributed by atoms with E-state index in [-0.39, 0.29) is 21.7 Å². The maximum atomic E-state index is 6.37. The summed E-state index contributed by atoms with van der Waals surface area (Å²) in [4.78, 5) is 0. The van der Waals surface area contributed by atoms with Crippen LogP contribution in [0, 0.1) is 0 Å². The zero-order chi connectivity index (χ0) is 24.7. The average molecular weight is 522 g/mol. The molecule has 178 valence electrons. The van der Waals surface area contributed by atoms with Crippen LogP contribution in [0.4, 0.5) is 0 Å². The fraction of sp³-hybridized carbons (Fsp3) is 0.571. The van der Waals surface area contributed by atoms with E-state index in [2.05, 4.69) is 135 Å². The third kappa shape index (κ3) is 6.97. The smallest absolute Gasteiger partial charge is 0.368 e. The lowest BCUT2D eigenvalue weighted by molar-refractivity contribution is 0.473. The van der Waals surface area contributed by atoms with E-state index in [4.69, 9.17) is 9.05 Å². The maximum absolute atomic E-state index is 6.37. The second-order valence-electron chi connectivity index (χ2n) is 12.8. The molecule has 0 spiro atoms.